The van der Waals surface area contributed by atoms with Crippen molar-refractivity contribution in [1.82, 2.24) is 31.0 Å². The number of hydrogen-bond acceptors (Lipinski definition) is 6. The maximum Gasteiger partial charge on any atom is 0.255 e. The van der Waals surface area contributed by atoms with Crippen molar-refractivity contribution in [1.29, 1.82) is 0 Å². The molecule has 0 unspecified atom stereocenters. The lowest BCUT2D eigenvalue weighted by molar-refractivity contribution is -0.132. The highest BCUT2D eigenvalue weighted by atomic mass is 16.5. The summed E-state index contributed by atoms with van der Waals surface area (Å²) in [7, 11) is 1.79. The number of carbonyl (C=O) groups excluding carboxylic acids is 4. The highest BCUT2D eigenvalue weighted by molar-refractivity contribution is 6.00. The lowest BCUT2D eigenvalue weighted by Crippen LogP contribution is -2.56. The molecule has 1 aliphatic heterocycles. The first kappa shape index (κ1) is 33.8. The van der Waals surface area contributed by atoms with Crippen LogP contribution in [0, 0.1) is 12.3 Å². The van der Waals surface area contributed by atoms with Crippen molar-refractivity contribution in [3.63, 3.8) is 0 Å². The predicted molar refractivity (Wildman–Crippen MR) is 164 cm³/mol. The molecule has 4 N–H and O–H groups in total. The fraction of sp³-hybridized carbons (Fsp3) is 0.594. The average Bonchev–Trinajstić information content (AvgIpc) is 3.32. The molecule has 2 atom stereocenters. The predicted octanol–water partition coefficient (Wildman–Crippen LogP) is 2.70. The van der Waals surface area contributed by atoms with E-state index < -0.39 is 29.8 Å². The summed E-state index contributed by atoms with van der Waals surface area (Å²) in [6.45, 7) is 9.06. The second kappa shape index (κ2) is 16.2. The molecule has 0 spiro atoms. The van der Waals surface area contributed by atoms with Gasteiger partial charge in [0.1, 0.15) is 12.1 Å². The van der Waals surface area contributed by atoms with Gasteiger partial charge in [-0.05, 0) is 37.2 Å². The Labute approximate surface area is 254 Å². The molecule has 43 heavy (non-hydrogen) atoms. The third kappa shape index (κ3) is 11.5. The van der Waals surface area contributed by atoms with Gasteiger partial charge in [-0.1, -0.05) is 69.9 Å². The molecular weight excluding hydrogens is 548 g/mol. The number of carbonyl (C=O) groups is 4. The van der Waals surface area contributed by atoms with Crippen LogP contribution in [-0.2, 0) is 39.1 Å². The molecule has 0 saturated carbocycles. The Hall–Kier alpha value is -3.73. The number of benzene rings is 1. The quantitative estimate of drug-likeness (QED) is 0.404. The van der Waals surface area contributed by atoms with Crippen molar-refractivity contribution in [2.45, 2.75) is 91.3 Å². The van der Waals surface area contributed by atoms with Crippen molar-refractivity contribution in [2.24, 2.45) is 12.5 Å². The molecular formula is C32H48N6O5. The van der Waals surface area contributed by atoms with E-state index in [1.54, 1.807) is 11.7 Å². The molecule has 1 aromatic heterocycles. The van der Waals surface area contributed by atoms with E-state index in [9.17, 15) is 19.2 Å². The number of amides is 4. The fourth-order valence-electron chi connectivity index (χ4n) is 4.72. The van der Waals surface area contributed by atoms with Gasteiger partial charge in [-0.2, -0.15) is 5.10 Å². The van der Waals surface area contributed by atoms with E-state index in [4.69, 9.17) is 4.74 Å². The highest BCUT2D eigenvalue weighted by Crippen LogP contribution is 2.15. The van der Waals surface area contributed by atoms with Gasteiger partial charge in [0.15, 0.2) is 0 Å². The Morgan fingerprint density at radius 1 is 1.02 bits per heavy atom. The summed E-state index contributed by atoms with van der Waals surface area (Å²) in [5, 5.41) is 15.5. The summed E-state index contributed by atoms with van der Waals surface area (Å²) in [6, 6.07) is 5.56. The monoisotopic (exact) mass is 596 g/mol. The van der Waals surface area contributed by atoms with Gasteiger partial charge >= 0.3 is 0 Å². The summed E-state index contributed by atoms with van der Waals surface area (Å²) in [5.74, 6) is -1.94. The first-order valence-corrected chi connectivity index (χ1v) is 15.2. The zero-order valence-electron chi connectivity index (χ0n) is 26.3. The third-order valence-corrected chi connectivity index (χ3v) is 7.34. The number of nitrogens with zero attached hydrogens (tertiary/aromatic N) is 2. The van der Waals surface area contributed by atoms with Crippen molar-refractivity contribution in [2.75, 3.05) is 19.8 Å². The fourth-order valence-corrected chi connectivity index (χ4v) is 4.72. The molecule has 1 aliphatic rings. The van der Waals surface area contributed by atoms with Crippen molar-refractivity contribution < 1.29 is 23.9 Å². The van der Waals surface area contributed by atoms with Crippen molar-refractivity contribution >= 4 is 23.6 Å². The Morgan fingerprint density at radius 3 is 2.44 bits per heavy atom. The SMILES string of the molecule is Cc1ccc(CNC(=O)[C@@H]2COCCCCCCCc3c(cnn3C)C(=O)N[C@@H](CC(=O)NCC(C)(C)C)C(=O)N2)cc1. The van der Waals surface area contributed by atoms with Gasteiger partial charge in [0, 0.05) is 26.7 Å². The van der Waals surface area contributed by atoms with Crippen LogP contribution in [-0.4, -0.2) is 65.3 Å². The number of fused-ring (bicyclic) bond motifs is 1. The molecule has 2 heterocycles. The van der Waals surface area contributed by atoms with Gasteiger partial charge < -0.3 is 26.0 Å². The molecule has 0 bridgehead atoms. The number of aryl methyl sites for hydroxylation is 2. The molecule has 0 radical (unpaired) electrons. The second-order valence-corrected chi connectivity index (χ2v) is 12.6. The Bertz CT molecular complexity index is 1230. The number of nitrogens with one attached hydrogen (secondary N) is 4. The first-order chi connectivity index (χ1) is 20.4. The summed E-state index contributed by atoms with van der Waals surface area (Å²) >= 11 is 0. The van der Waals surface area contributed by atoms with E-state index in [0.717, 1.165) is 48.9 Å². The van der Waals surface area contributed by atoms with E-state index in [0.29, 0.717) is 25.1 Å². The largest absolute Gasteiger partial charge is 0.379 e. The number of rotatable bonds is 6. The molecule has 0 saturated heterocycles. The van der Waals surface area contributed by atoms with Crippen molar-refractivity contribution in [3.05, 3.63) is 52.8 Å². The van der Waals surface area contributed by atoms with E-state index >= 15 is 0 Å². The molecule has 0 fully saturated rings. The van der Waals surface area contributed by atoms with E-state index in [2.05, 4.69) is 26.4 Å². The maximum absolute atomic E-state index is 13.6. The van der Waals surface area contributed by atoms with Crippen LogP contribution < -0.4 is 21.3 Å². The summed E-state index contributed by atoms with van der Waals surface area (Å²) < 4.78 is 7.50. The number of ether oxygens (including phenoxy) is 1. The van der Waals surface area contributed by atoms with Crippen molar-refractivity contribution in [3.8, 4) is 0 Å². The topological polar surface area (TPSA) is 143 Å². The second-order valence-electron chi connectivity index (χ2n) is 12.6. The lowest BCUT2D eigenvalue weighted by atomic mass is 9.97. The van der Waals surface area contributed by atoms with E-state index in [-0.39, 0.29) is 30.9 Å². The standard InChI is InChI=1S/C32H48N6O5/c1-22-12-14-23(15-13-22)18-33-30(41)26-20-43-16-10-8-6-7-9-11-27-24(19-35-38(27)5)29(40)36-25(31(42)37-26)17-28(39)34-21-32(2,3)4/h12-15,19,25-26H,6-11,16-18,20-21H2,1-5H3,(H,33,41)(H,34,39)(H,36,40)(H,37,42)/t25-,26-/m0/s1. The van der Waals surface area contributed by atoms with Crippen LogP contribution in [0.5, 0.6) is 0 Å². The summed E-state index contributed by atoms with van der Waals surface area (Å²) in [4.78, 5) is 53.2. The maximum atomic E-state index is 13.6. The normalized spacial score (nSPS) is 19.4. The van der Waals surface area contributed by atoms with Crippen LogP contribution >= 0.6 is 0 Å². The molecule has 0 aliphatic carbocycles. The van der Waals surface area contributed by atoms with Crippen LogP contribution in [0.3, 0.4) is 0 Å². The Kier molecular flexibility index (Phi) is 12.7. The molecule has 1 aromatic carbocycles. The van der Waals surface area contributed by atoms with Gasteiger partial charge in [-0.3, -0.25) is 23.9 Å². The Balaban J connectivity index is 1.82. The highest BCUT2D eigenvalue weighted by Gasteiger charge is 2.30. The van der Waals surface area contributed by atoms with Crippen LogP contribution in [0.1, 0.15) is 86.5 Å². The first-order valence-electron chi connectivity index (χ1n) is 15.2. The smallest absolute Gasteiger partial charge is 0.255 e. The van der Waals surface area contributed by atoms with Gasteiger partial charge in [-0.15, -0.1) is 0 Å². The molecule has 2 aromatic rings. The van der Waals surface area contributed by atoms with E-state index in [1.165, 1.54) is 6.20 Å². The summed E-state index contributed by atoms with van der Waals surface area (Å²) in [5.41, 5.74) is 3.01. The minimum Gasteiger partial charge on any atom is -0.379 e. The number of hydrogen-bond donors (Lipinski definition) is 4. The van der Waals surface area contributed by atoms with Crippen LogP contribution in [0.15, 0.2) is 30.5 Å². The molecule has 236 valence electrons. The zero-order valence-corrected chi connectivity index (χ0v) is 26.3. The molecule has 3 rings (SSSR count). The van der Waals surface area contributed by atoms with Crippen LogP contribution in [0.4, 0.5) is 0 Å². The van der Waals surface area contributed by atoms with Gasteiger partial charge in [0.05, 0.1) is 30.5 Å². The molecule has 11 nitrogen and oxygen atoms in total. The van der Waals surface area contributed by atoms with E-state index in [1.807, 2.05) is 52.0 Å². The molecule has 11 heteroatoms. The number of aromatic nitrogens is 2. The minimum atomic E-state index is -1.22. The van der Waals surface area contributed by atoms with Crippen LogP contribution in [0.2, 0.25) is 0 Å². The summed E-state index contributed by atoms with van der Waals surface area (Å²) in [6.07, 6.45) is 6.58. The minimum absolute atomic E-state index is 0.0326. The van der Waals surface area contributed by atoms with Gasteiger partial charge in [-0.25, -0.2) is 0 Å². The molecule has 4 amide bonds. The zero-order chi connectivity index (χ0) is 31.4. The van der Waals surface area contributed by atoms with Gasteiger partial charge in [0.25, 0.3) is 5.91 Å². The third-order valence-electron chi connectivity index (χ3n) is 7.34. The van der Waals surface area contributed by atoms with Gasteiger partial charge in [0.2, 0.25) is 17.7 Å². The van der Waals surface area contributed by atoms with Crippen LogP contribution in [0.25, 0.3) is 0 Å². The lowest BCUT2D eigenvalue weighted by Gasteiger charge is -2.24. The Morgan fingerprint density at radius 2 is 1.72 bits per heavy atom. The average molecular weight is 597 g/mol.